The molecule has 1 aromatic heterocycles. The Morgan fingerprint density at radius 1 is 1.34 bits per heavy atom. The molecule has 0 radical (unpaired) electrons. The minimum atomic E-state index is -0.108. The topological polar surface area (TPSA) is 71.5 Å². The molecule has 0 aliphatic carbocycles. The number of benzene rings is 1. The molecule has 1 aliphatic heterocycles. The Bertz CT molecular complexity index is 759. The van der Waals surface area contributed by atoms with Gasteiger partial charge in [0.25, 0.3) is 0 Å². The number of ether oxygens (including phenoxy) is 1. The van der Waals surface area contributed by atoms with E-state index in [9.17, 15) is 9.59 Å². The molecule has 164 valence electrons. The van der Waals surface area contributed by atoms with Gasteiger partial charge in [0.2, 0.25) is 6.41 Å². The van der Waals surface area contributed by atoms with Gasteiger partial charge in [0, 0.05) is 13.1 Å². The van der Waals surface area contributed by atoms with Crippen LogP contribution in [0.15, 0.2) is 29.8 Å². The molecule has 1 atom stereocenters. The fourth-order valence-corrected chi connectivity index (χ4v) is 3.73. The van der Waals surface area contributed by atoms with E-state index in [1.54, 1.807) is 16.2 Å². The van der Waals surface area contributed by atoms with Gasteiger partial charge < -0.3 is 19.7 Å². The monoisotopic (exact) mass is 659 g/mol. The molecule has 3 rings (SSSR count). The molecule has 2 amide bonds. The summed E-state index contributed by atoms with van der Waals surface area (Å²) >= 11 is 1.64. The predicted molar refractivity (Wildman–Crippen MR) is 112 cm³/mol. The molecular weight excluding hydrogens is 631 g/mol. The van der Waals surface area contributed by atoms with Crippen LogP contribution in [0.1, 0.15) is 38.4 Å². The summed E-state index contributed by atoms with van der Waals surface area (Å²) in [7, 11) is 0. The summed E-state index contributed by atoms with van der Waals surface area (Å²) in [5.74, 6) is 0. The van der Waals surface area contributed by atoms with Crippen LogP contribution in [0, 0.1) is 6.92 Å². The van der Waals surface area contributed by atoms with E-state index >= 15 is 0 Å². The summed E-state index contributed by atoms with van der Waals surface area (Å²) in [5, 5.41) is 2.64. The van der Waals surface area contributed by atoms with Crippen molar-refractivity contribution in [1.82, 2.24) is 15.2 Å². The predicted octanol–water partition coefficient (Wildman–Crippen LogP) is 3.31. The zero-order chi connectivity index (χ0) is 20.6. The van der Waals surface area contributed by atoms with Gasteiger partial charge in [0.15, 0.2) is 0 Å². The number of carbonyl (C=O) groups excluding carboxylic acids is 2. The molecule has 1 fully saturated rings. The van der Waals surface area contributed by atoms with E-state index in [1.807, 2.05) is 51.7 Å². The van der Waals surface area contributed by atoms with Crippen LogP contribution in [0.25, 0.3) is 10.4 Å². The van der Waals surface area contributed by atoms with Crippen LogP contribution in [-0.2, 0) is 20.9 Å². The minimum Gasteiger partial charge on any atom is -0.520 e. The Labute approximate surface area is 170 Å². The average molecular weight is 660 g/mol. The molecule has 1 aromatic carbocycles. The van der Waals surface area contributed by atoms with Crippen LogP contribution < -0.4 is 5.32 Å². The second-order valence-corrected chi connectivity index (χ2v) is 8.50. The summed E-state index contributed by atoms with van der Waals surface area (Å²) in [4.78, 5) is 27.5. The summed E-state index contributed by atoms with van der Waals surface area (Å²) in [5.41, 5.74) is 5.08. The summed E-state index contributed by atoms with van der Waals surface area (Å²) in [6.07, 6.45) is 3.73. The zero-order valence-corrected chi connectivity index (χ0v) is 20.4. The van der Waals surface area contributed by atoms with Crippen LogP contribution in [0.4, 0.5) is 0 Å². The summed E-state index contributed by atoms with van der Waals surface area (Å²) < 4.78 is 5.71. The number of carbonyl (C=O) groups is 1. The molecule has 2 aromatic rings. The molecule has 1 aliphatic rings. The number of amides is 2. The number of likely N-dealkylation sites (tertiary alicyclic amines) is 1. The molecule has 6 nitrogen and oxygen atoms in total. The summed E-state index contributed by atoms with van der Waals surface area (Å²) in [6.45, 7) is 10.1. The Balaban J connectivity index is 0.000000292. The van der Waals surface area contributed by atoms with E-state index in [1.165, 1.54) is 10.4 Å². The van der Waals surface area contributed by atoms with Crippen LogP contribution in [0.5, 0.6) is 0 Å². The third-order valence-electron chi connectivity index (χ3n) is 4.15. The normalized spacial score (nSPS) is 15.7. The molecule has 0 bridgehead atoms. The van der Waals surface area contributed by atoms with E-state index in [4.69, 9.17) is 4.74 Å². The number of thiazole rings is 1. The third-order valence-corrected chi connectivity index (χ3v) is 5.12. The second kappa shape index (κ2) is 10.9. The van der Waals surface area contributed by atoms with Crippen molar-refractivity contribution >= 4 is 24.2 Å². The van der Waals surface area contributed by atoms with Gasteiger partial charge in [-0.3, -0.25) is 4.79 Å². The molecule has 8 heteroatoms. The number of nitrogens with zero attached hydrogens (tertiary/aromatic N) is 2. The molecule has 0 saturated carbocycles. The molecular formula is C21H28FmN3O3S-. The molecule has 1 N–H and O–H groups in total. The second-order valence-electron chi connectivity index (χ2n) is 7.64. The van der Waals surface area contributed by atoms with Gasteiger partial charge in [-0.2, -0.15) is 6.41 Å². The van der Waals surface area contributed by atoms with Crippen LogP contribution in [0.2, 0.25) is 0 Å². The van der Waals surface area contributed by atoms with Gasteiger partial charge in [0.1, 0.15) is 0 Å². The van der Waals surface area contributed by atoms with Gasteiger partial charge >= 0.3 is 0 Å². The first-order chi connectivity index (χ1) is 13.3. The number of hydrogen-bond donors (Lipinski definition) is 1. The summed E-state index contributed by atoms with van der Waals surface area (Å²) in [6, 6.07) is 8.15. The number of hydrogen-bond acceptors (Lipinski definition) is 5. The van der Waals surface area contributed by atoms with Gasteiger partial charge in [-0.1, -0.05) is 24.3 Å². The Morgan fingerprint density at radius 2 is 2.03 bits per heavy atom. The van der Waals surface area contributed by atoms with Crippen molar-refractivity contribution in [1.29, 1.82) is 0 Å². The first-order valence-corrected chi connectivity index (χ1v) is 10.2. The maximum absolute atomic E-state index is 10.3. The average Bonchev–Trinajstić information content (AvgIpc) is 3.28. The first kappa shape index (κ1) is 23.8. The Morgan fingerprint density at radius 3 is 2.52 bits per heavy atom. The van der Waals surface area contributed by atoms with Crippen LogP contribution in [0.3, 0.4) is 0 Å². The van der Waals surface area contributed by atoms with Crippen molar-refractivity contribution in [2.24, 2.45) is 0 Å². The number of aromatic nitrogens is 1. The number of aryl methyl sites for hydroxylation is 1. The fraction of sp³-hybridized carbons (Fsp3) is 0.476. The van der Waals surface area contributed by atoms with Gasteiger partial charge in [0.05, 0.1) is 27.8 Å². The Hall–Kier alpha value is -3.25. The first-order valence-electron chi connectivity index (χ1n) is 9.29. The van der Waals surface area contributed by atoms with Crippen LogP contribution in [-0.4, -0.2) is 47.5 Å². The van der Waals surface area contributed by atoms with Crippen molar-refractivity contribution in [3.8, 4) is 10.4 Å². The quantitative estimate of drug-likeness (QED) is 0.382. The number of rotatable bonds is 6. The van der Waals surface area contributed by atoms with Crippen molar-refractivity contribution in [2.75, 3.05) is 13.1 Å². The molecule has 29 heavy (non-hydrogen) atoms. The van der Waals surface area contributed by atoms with Gasteiger partial charge in [-0.25, -0.2) is 4.98 Å². The third kappa shape index (κ3) is 7.71. The van der Waals surface area contributed by atoms with Crippen LogP contribution >= 0.6 is 11.3 Å². The Kier molecular flexibility index (Phi) is 8.96. The largest absolute Gasteiger partial charge is 0.520 e. The maximum atomic E-state index is 10.3. The molecule has 0 spiro atoms. The minimum absolute atomic E-state index is 0. The molecule has 1 saturated heterocycles. The molecule has 1 unspecified atom stereocenters. The SMILES string of the molecule is CC(C)(C)OC1CCN([C-]=O)C1.Cc1ncsc1-c1ccc(CNC=O)cc1.[Fm]. The van der Waals surface area contributed by atoms with Crippen molar-refractivity contribution in [3.05, 3.63) is 41.0 Å². The zero-order valence-electron chi connectivity index (χ0n) is 17.2. The smallest absolute Gasteiger partial charge is 0.207 e. The maximum Gasteiger partial charge on any atom is 0.207 e. The van der Waals surface area contributed by atoms with E-state index in [-0.39, 0.29) is 11.7 Å². The van der Waals surface area contributed by atoms with E-state index in [0.717, 1.165) is 24.2 Å². The van der Waals surface area contributed by atoms with Crippen molar-refractivity contribution in [3.63, 3.8) is 0 Å². The number of nitrogens with one attached hydrogen (secondary N) is 1. The van der Waals surface area contributed by atoms with E-state index < -0.39 is 0 Å². The van der Waals surface area contributed by atoms with Crippen molar-refractivity contribution < 1.29 is 14.3 Å². The molecule has 2 heterocycles. The van der Waals surface area contributed by atoms with Gasteiger partial charge in [-0.05, 0) is 51.8 Å². The fourth-order valence-electron chi connectivity index (χ4n) is 2.92. The standard InChI is InChI=1S/C12H12N2OS.C9H16NO2.Fm/c1-9-12(16-8-14-9)11-4-2-10(3-5-11)6-13-7-15;1-9(2,3)12-8-4-5-10(6-8)7-11;/h2-5,7-8H,6H2,1H3,(H,13,15);8H,4-6H2,1-3H3;/q;-1;. The van der Waals surface area contributed by atoms with Crippen molar-refractivity contribution in [2.45, 2.75) is 52.4 Å². The van der Waals surface area contributed by atoms with Gasteiger partial charge in [-0.15, -0.1) is 11.3 Å². The van der Waals surface area contributed by atoms with E-state index in [0.29, 0.717) is 19.5 Å². The van der Waals surface area contributed by atoms with E-state index in [2.05, 4.69) is 22.4 Å².